The Morgan fingerprint density at radius 3 is 2.44 bits per heavy atom. The zero-order valence-corrected chi connectivity index (χ0v) is 11.6. The Morgan fingerprint density at radius 2 is 1.75 bits per heavy atom. The van der Waals surface area contributed by atoms with Gasteiger partial charge in [0.25, 0.3) is 0 Å². The molecule has 0 spiro atoms. The Labute approximate surface area is 99.3 Å². The minimum atomic E-state index is -1.51. The van der Waals surface area contributed by atoms with Crippen LogP contribution in [0.1, 0.15) is 24.5 Å². The van der Waals surface area contributed by atoms with Crippen LogP contribution in [0.2, 0.25) is 19.6 Å². The number of benzene rings is 1. The zero-order valence-electron chi connectivity index (χ0n) is 10.6. The molecule has 0 fully saturated rings. The molecule has 86 valence electrons. The molecule has 2 rings (SSSR count). The van der Waals surface area contributed by atoms with E-state index in [0.29, 0.717) is 0 Å². The van der Waals surface area contributed by atoms with Crippen molar-refractivity contribution in [2.75, 3.05) is 0 Å². The van der Waals surface area contributed by atoms with Gasteiger partial charge in [-0.05, 0) is 50.5 Å². The van der Waals surface area contributed by atoms with Gasteiger partial charge in [0.15, 0.2) is 0 Å². The van der Waals surface area contributed by atoms with Gasteiger partial charge in [-0.1, -0.05) is 24.3 Å². The summed E-state index contributed by atoms with van der Waals surface area (Å²) in [4.78, 5) is 0. The second-order valence-electron chi connectivity index (χ2n) is 5.48. The summed E-state index contributed by atoms with van der Waals surface area (Å²) in [6, 6.07) is 8.62. The Kier molecular flexibility index (Phi) is 2.93. The van der Waals surface area contributed by atoms with Crippen molar-refractivity contribution in [2.45, 2.75) is 39.4 Å². The molecule has 16 heavy (non-hydrogen) atoms. The van der Waals surface area contributed by atoms with Crippen LogP contribution in [0.25, 0.3) is 5.76 Å². The lowest BCUT2D eigenvalue weighted by Gasteiger charge is -2.28. The first-order valence-electron chi connectivity index (χ1n) is 5.94. The predicted octanol–water partition coefficient (Wildman–Crippen LogP) is 4.22. The maximum Gasteiger partial charge on any atom is 0.242 e. The van der Waals surface area contributed by atoms with Gasteiger partial charge in [-0.25, -0.2) is 0 Å². The SMILES string of the molecule is CC1=C(O[Si](C)(C)C)c2ccccc2CC1. The van der Waals surface area contributed by atoms with Crippen molar-refractivity contribution < 1.29 is 4.43 Å². The molecule has 1 aliphatic rings. The summed E-state index contributed by atoms with van der Waals surface area (Å²) in [6.07, 6.45) is 2.29. The summed E-state index contributed by atoms with van der Waals surface area (Å²) in [5.74, 6) is 1.15. The summed E-state index contributed by atoms with van der Waals surface area (Å²) in [5, 5.41) is 0. The van der Waals surface area contributed by atoms with Crippen LogP contribution >= 0.6 is 0 Å². The number of fused-ring (bicyclic) bond motifs is 1. The summed E-state index contributed by atoms with van der Waals surface area (Å²) < 4.78 is 6.24. The molecule has 0 atom stereocenters. The summed E-state index contributed by atoms with van der Waals surface area (Å²) >= 11 is 0. The van der Waals surface area contributed by atoms with Gasteiger partial charge in [-0.15, -0.1) is 0 Å². The van der Waals surface area contributed by atoms with E-state index in [1.807, 2.05) is 0 Å². The van der Waals surface area contributed by atoms with E-state index in [9.17, 15) is 0 Å². The largest absolute Gasteiger partial charge is 0.544 e. The van der Waals surface area contributed by atoms with Crippen molar-refractivity contribution in [3.05, 3.63) is 41.0 Å². The third-order valence-electron chi connectivity index (χ3n) is 2.83. The zero-order chi connectivity index (χ0) is 11.8. The molecule has 0 amide bonds. The average molecular weight is 232 g/mol. The molecule has 2 heteroatoms. The first kappa shape index (κ1) is 11.5. The van der Waals surface area contributed by atoms with Gasteiger partial charge in [-0.2, -0.15) is 0 Å². The fourth-order valence-electron chi connectivity index (χ4n) is 2.07. The Hall–Kier alpha value is -1.02. The van der Waals surface area contributed by atoms with Crippen molar-refractivity contribution >= 4 is 14.1 Å². The highest BCUT2D eigenvalue weighted by Gasteiger charge is 2.23. The Balaban J connectivity index is 2.42. The van der Waals surface area contributed by atoms with Crippen LogP contribution in [0, 0.1) is 0 Å². The van der Waals surface area contributed by atoms with Gasteiger partial charge in [-0.3, -0.25) is 0 Å². The number of hydrogen-bond acceptors (Lipinski definition) is 1. The van der Waals surface area contributed by atoms with E-state index >= 15 is 0 Å². The molecule has 0 heterocycles. The molecule has 0 bridgehead atoms. The first-order valence-corrected chi connectivity index (χ1v) is 9.35. The molecule has 1 aromatic carbocycles. The molecule has 0 saturated carbocycles. The summed E-state index contributed by atoms with van der Waals surface area (Å²) in [5.41, 5.74) is 4.15. The van der Waals surface area contributed by atoms with Crippen molar-refractivity contribution in [3.63, 3.8) is 0 Å². The summed E-state index contributed by atoms with van der Waals surface area (Å²) in [7, 11) is -1.51. The van der Waals surface area contributed by atoms with Gasteiger partial charge in [0.1, 0.15) is 5.76 Å². The monoisotopic (exact) mass is 232 g/mol. The standard InChI is InChI=1S/C14H20OSi/c1-11-9-10-12-7-5-6-8-13(12)14(11)15-16(2,3)4/h5-8H,9-10H2,1-4H3. The van der Waals surface area contributed by atoms with Gasteiger partial charge in [0.2, 0.25) is 8.32 Å². The molecule has 0 aromatic heterocycles. The van der Waals surface area contributed by atoms with Crippen LogP contribution in [0.15, 0.2) is 29.8 Å². The molecular weight excluding hydrogens is 212 g/mol. The Morgan fingerprint density at radius 1 is 1.06 bits per heavy atom. The van der Waals surface area contributed by atoms with E-state index in [1.165, 1.54) is 16.7 Å². The van der Waals surface area contributed by atoms with E-state index < -0.39 is 8.32 Å². The number of hydrogen-bond donors (Lipinski definition) is 0. The van der Waals surface area contributed by atoms with E-state index in [-0.39, 0.29) is 0 Å². The number of allylic oxidation sites excluding steroid dienone is 1. The molecule has 1 nitrogen and oxygen atoms in total. The topological polar surface area (TPSA) is 9.23 Å². The highest BCUT2D eigenvalue weighted by Crippen LogP contribution is 2.33. The van der Waals surface area contributed by atoms with E-state index in [2.05, 4.69) is 50.8 Å². The van der Waals surface area contributed by atoms with Crippen LogP contribution in [-0.2, 0) is 10.8 Å². The predicted molar refractivity (Wildman–Crippen MR) is 71.8 cm³/mol. The quantitative estimate of drug-likeness (QED) is 0.694. The molecule has 0 saturated heterocycles. The van der Waals surface area contributed by atoms with Crippen molar-refractivity contribution in [1.29, 1.82) is 0 Å². The maximum atomic E-state index is 6.24. The normalized spacial score (nSPS) is 16.0. The van der Waals surface area contributed by atoms with E-state index in [1.54, 1.807) is 0 Å². The van der Waals surface area contributed by atoms with Crippen LogP contribution in [-0.4, -0.2) is 8.32 Å². The van der Waals surface area contributed by atoms with Crippen LogP contribution in [0.4, 0.5) is 0 Å². The molecular formula is C14H20OSi. The number of rotatable bonds is 2. The highest BCUT2D eigenvalue weighted by molar-refractivity contribution is 6.70. The van der Waals surface area contributed by atoms with Gasteiger partial charge in [0.05, 0.1) is 0 Å². The van der Waals surface area contributed by atoms with Crippen molar-refractivity contribution in [1.82, 2.24) is 0 Å². The van der Waals surface area contributed by atoms with Gasteiger partial charge in [0, 0.05) is 5.56 Å². The molecule has 0 unspecified atom stereocenters. The van der Waals surface area contributed by atoms with Gasteiger partial charge < -0.3 is 4.43 Å². The van der Waals surface area contributed by atoms with Crippen molar-refractivity contribution in [3.8, 4) is 0 Å². The third kappa shape index (κ3) is 2.38. The molecule has 0 aliphatic heterocycles. The van der Waals surface area contributed by atoms with Gasteiger partial charge >= 0.3 is 0 Å². The van der Waals surface area contributed by atoms with Crippen LogP contribution in [0.3, 0.4) is 0 Å². The molecule has 0 N–H and O–H groups in total. The fraction of sp³-hybridized carbons (Fsp3) is 0.429. The lowest BCUT2D eigenvalue weighted by Crippen LogP contribution is -2.26. The average Bonchev–Trinajstić information content (AvgIpc) is 2.21. The molecule has 0 radical (unpaired) electrons. The molecule has 1 aliphatic carbocycles. The summed E-state index contributed by atoms with van der Waals surface area (Å²) in [6.45, 7) is 8.92. The minimum Gasteiger partial charge on any atom is -0.544 e. The van der Waals surface area contributed by atoms with Crippen LogP contribution < -0.4 is 0 Å². The first-order chi connectivity index (χ1) is 7.47. The minimum absolute atomic E-state index is 1.14. The van der Waals surface area contributed by atoms with E-state index in [4.69, 9.17) is 4.43 Å². The second kappa shape index (κ2) is 4.09. The maximum absolute atomic E-state index is 6.24. The van der Waals surface area contributed by atoms with Crippen molar-refractivity contribution in [2.24, 2.45) is 0 Å². The Bertz CT molecular complexity index is 427. The molecule has 1 aromatic rings. The fourth-order valence-corrected chi connectivity index (χ4v) is 2.97. The second-order valence-corrected chi connectivity index (χ2v) is 9.91. The van der Waals surface area contributed by atoms with E-state index in [0.717, 1.165) is 18.6 Å². The lowest BCUT2D eigenvalue weighted by molar-refractivity contribution is 0.502. The number of aryl methyl sites for hydroxylation is 1. The highest BCUT2D eigenvalue weighted by atomic mass is 28.4. The smallest absolute Gasteiger partial charge is 0.242 e. The van der Waals surface area contributed by atoms with Crippen LogP contribution in [0.5, 0.6) is 0 Å². The lowest BCUT2D eigenvalue weighted by atomic mass is 9.91. The third-order valence-corrected chi connectivity index (χ3v) is 3.64.